The summed E-state index contributed by atoms with van der Waals surface area (Å²) >= 11 is 0. The summed E-state index contributed by atoms with van der Waals surface area (Å²) in [6, 6.07) is 1.60. The number of carbonyl (C=O) groups excluding carboxylic acids is 1. The number of Topliss-reactive ketones (excluding diaryl/α,β-unsaturated/α-hetero) is 1. The first-order chi connectivity index (χ1) is 15.1. The van der Waals surface area contributed by atoms with Crippen molar-refractivity contribution in [1.82, 2.24) is 14.7 Å². The van der Waals surface area contributed by atoms with Crippen LogP contribution >= 0.6 is 0 Å². The fourth-order valence-corrected chi connectivity index (χ4v) is 4.61. The second-order valence-corrected chi connectivity index (χ2v) is 8.69. The van der Waals surface area contributed by atoms with E-state index < -0.39 is 12.0 Å². The number of nitrogens with zero attached hydrogens (tertiary/aromatic N) is 5. The van der Waals surface area contributed by atoms with Crippen molar-refractivity contribution in [3.63, 3.8) is 0 Å². The van der Waals surface area contributed by atoms with Crippen molar-refractivity contribution in [2.45, 2.75) is 58.5 Å². The SMILES string of the molecule is C.C=C=C1[C@@H](CCC(=O)C(=C)N=C2N(C)[C@@H](C3=C[CH]3)CC2(F)F)CCn2nc(C)cc2N1C.[HH]. The molecule has 33 heavy (non-hydrogen) atoms. The second-order valence-electron chi connectivity index (χ2n) is 8.69. The van der Waals surface area contributed by atoms with Crippen molar-refractivity contribution in [3.05, 3.63) is 60.1 Å². The van der Waals surface area contributed by atoms with E-state index in [9.17, 15) is 13.6 Å². The summed E-state index contributed by atoms with van der Waals surface area (Å²) in [6.45, 7) is 10.2. The standard InChI is InChI=1S/C24H28F2N5O.CH4.H2/c1-6-19-18(11-12-31-22(29(19)4)13-15(2)28-31)9-10-21(32)16(3)27-23-24(25,26)14-20(30(23)5)17-7-8-17;;/h7-8,13,18,20H,1,3,9-12,14H2,2,4-5H3;1H4;1H/t18-,20+;;/m0../s1. The number of fused-ring (bicyclic) bond motifs is 1. The number of anilines is 1. The molecule has 1 saturated heterocycles. The van der Waals surface area contributed by atoms with E-state index in [1.165, 1.54) is 4.90 Å². The van der Waals surface area contributed by atoms with Crippen LogP contribution < -0.4 is 4.90 Å². The predicted octanol–water partition coefficient (Wildman–Crippen LogP) is 4.94. The van der Waals surface area contributed by atoms with Gasteiger partial charge in [0, 0.05) is 53.3 Å². The number of alkyl halides is 2. The summed E-state index contributed by atoms with van der Waals surface area (Å²) in [6.07, 6.45) is 4.79. The first kappa shape index (κ1) is 24.6. The summed E-state index contributed by atoms with van der Waals surface area (Å²) in [4.78, 5) is 20.2. The third-order valence-corrected chi connectivity index (χ3v) is 6.45. The summed E-state index contributed by atoms with van der Waals surface area (Å²) in [5.74, 6) is -2.79. The minimum atomic E-state index is -3.08. The second kappa shape index (κ2) is 9.10. The molecule has 1 aliphatic carbocycles. The Bertz CT molecular complexity index is 1080. The topological polar surface area (TPSA) is 53.7 Å². The van der Waals surface area contributed by atoms with Crippen molar-refractivity contribution in [2.75, 3.05) is 19.0 Å². The van der Waals surface area contributed by atoms with Gasteiger partial charge in [-0.1, -0.05) is 26.7 Å². The summed E-state index contributed by atoms with van der Waals surface area (Å²) < 4.78 is 31.0. The molecule has 6 nitrogen and oxygen atoms in total. The van der Waals surface area contributed by atoms with Gasteiger partial charge in [-0.2, -0.15) is 13.9 Å². The molecular weight excluding hydrogens is 424 g/mol. The molecule has 1 aromatic rings. The van der Waals surface area contributed by atoms with Gasteiger partial charge in [0.25, 0.3) is 0 Å². The number of hydrogen-bond acceptors (Lipinski definition) is 4. The van der Waals surface area contributed by atoms with Crippen molar-refractivity contribution in [1.29, 1.82) is 0 Å². The van der Waals surface area contributed by atoms with Gasteiger partial charge in [-0.05, 0) is 25.3 Å². The molecule has 0 bridgehead atoms. The van der Waals surface area contributed by atoms with Crippen LogP contribution in [0, 0.1) is 19.3 Å². The third-order valence-electron chi connectivity index (χ3n) is 6.45. The molecule has 1 aromatic heterocycles. The highest BCUT2D eigenvalue weighted by molar-refractivity contribution is 6.00. The number of aromatic nitrogens is 2. The Morgan fingerprint density at radius 1 is 1.42 bits per heavy atom. The molecule has 2 aliphatic heterocycles. The number of aryl methyl sites for hydroxylation is 2. The molecule has 0 amide bonds. The van der Waals surface area contributed by atoms with E-state index in [1.807, 2.05) is 42.1 Å². The Kier molecular flexibility index (Phi) is 6.80. The number of carbonyl (C=O) groups is 1. The number of likely N-dealkylation sites (tertiary alicyclic amines) is 1. The van der Waals surface area contributed by atoms with E-state index in [0.29, 0.717) is 13.0 Å². The van der Waals surface area contributed by atoms with Gasteiger partial charge in [-0.15, -0.1) is 5.73 Å². The zero-order chi connectivity index (χ0) is 23.2. The molecule has 1 fully saturated rings. The quantitative estimate of drug-likeness (QED) is 0.447. The smallest absolute Gasteiger partial charge is 0.306 e. The number of allylic oxidation sites excluding steroid dienone is 3. The summed E-state index contributed by atoms with van der Waals surface area (Å²) in [5.41, 5.74) is 5.60. The van der Waals surface area contributed by atoms with E-state index in [-0.39, 0.29) is 44.9 Å². The minimum absolute atomic E-state index is 0. The van der Waals surface area contributed by atoms with Crippen molar-refractivity contribution < 1.29 is 15.0 Å². The lowest BCUT2D eigenvalue weighted by molar-refractivity contribution is -0.115. The van der Waals surface area contributed by atoms with E-state index in [4.69, 9.17) is 0 Å². The van der Waals surface area contributed by atoms with E-state index in [2.05, 4.69) is 29.0 Å². The van der Waals surface area contributed by atoms with Crippen LogP contribution in [0.5, 0.6) is 0 Å². The maximum Gasteiger partial charge on any atom is 0.306 e. The number of rotatable bonds is 6. The number of amidine groups is 1. The predicted molar refractivity (Wildman–Crippen MR) is 129 cm³/mol. The Hall–Kier alpha value is -2.99. The highest BCUT2D eigenvalue weighted by Crippen LogP contribution is 2.41. The van der Waals surface area contributed by atoms with Crippen LogP contribution in [0.4, 0.5) is 14.6 Å². The van der Waals surface area contributed by atoms with E-state index in [0.717, 1.165) is 29.2 Å². The van der Waals surface area contributed by atoms with E-state index >= 15 is 0 Å². The molecule has 8 heteroatoms. The van der Waals surface area contributed by atoms with Gasteiger partial charge >= 0.3 is 5.92 Å². The summed E-state index contributed by atoms with van der Waals surface area (Å²) in [7, 11) is 3.52. The fraction of sp³-hybridized carbons (Fsp3) is 0.480. The molecular formula is C25H34F2N5O. The van der Waals surface area contributed by atoms with Gasteiger partial charge < -0.3 is 9.80 Å². The summed E-state index contributed by atoms with van der Waals surface area (Å²) in [5, 5.41) is 4.52. The molecule has 0 spiro atoms. The highest BCUT2D eigenvalue weighted by atomic mass is 19.3. The normalized spacial score (nSPS) is 24.6. The van der Waals surface area contributed by atoms with Gasteiger partial charge in [0.1, 0.15) is 11.5 Å². The monoisotopic (exact) mass is 458 g/mol. The molecule has 179 valence electrons. The molecule has 3 heterocycles. The first-order valence-electron chi connectivity index (χ1n) is 10.8. The van der Waals surface area contributed by atoms with Gasteiger partial charge in [0.05, 0.1) is 17.4 Å². The van der Waals surface area contributed by atoms with Crippen molar-refractivity contribution >= 4 is 17.4 Å². The number of likely N-dealkylation sites (N-methyl/N-ethyl adjacent to an activating group) is 1. The van der Waals surface area contributed by atoms with Crippen LogP contribution in [0.25, 0.3) is 0 Å². The average Bonchev–Trinajstić information content (AvgIpc) is 3.49. The van der Waals surface area contributed by atoms with Crippen molar-refractivity contribution in [2.24, 2.45) is 10.9 Å². The number of halogens is 2. The maximum atomic E-state index is 14.5. The van der Waals surface area contributed by atoms with Gasteiger partial charge in [-0.25, -0.2) is 9.67 Å². The van der Waals surface area contributed by atoms with E-state index in [1.54, 1.807) is 7.05 Å². The first-order valence-corrected chi connectivity index (χ1v) is 10.8. The van der Waals surface area contributed by atoms with Crippen LogP contribution in [0.1, 0.15) is 40.2 Å². The number of hydrogen-bond donors (Lipinski definition) is 0. The number of ketones is 1. The Morgan fingerprint density at radius 3 is 2.76 bits per heavy atom. The molecule has 1 radical (unpaired) electrons. The molecule has 3 aliphatic rings. The Labute approximate surface area is 196 Å². The lowest BCUT2D eigenvalue weighted by Gasteiger charge is -2.24. The van der Waals surface area contributed by atoms with Crippen LogP contribution in [-0.2, 0) is 11.3 Å². The molecule has 0 unspecified atom stereocenters. The van der Waals surface area contributed by atoms with Gasteiger partial charge in [0.15, 0.2) is 11.6 Å². The molecule has 2 atom stereocenters. The Morgan fingerprint density at radius 2 is 2.12 bits per heavy atom. The lowest BCUT2D eigenvalue weighted by atomic mass is 9.94. The minimum Gasteiger partial charge on any atom is -0.351 e. The van der Waals surface area contributed by atoms with Crippen LogP contribution in [0.15, 0.2) is 53.0 Å². The number of aliphatic imine (C=N–C) groups is 1. The molecule has 0 aromatic carbocycles. The largest absolute Gasteiger partial charge is 0.351 e. The van der Waals surface area contributed by atoms with Crippen LogP contribution in [0.3, 0.4) is 0 Å². The van der Waals surface area contributed by atoms with Crippen LogP contribution in [-0.4, -0.2) is 52.4 Å². The third kappa shape index (κ3) is 4.71. The van der Waals surface area contributed by atoms with Gasteiger partial charge in [-0.3, -0.25) is 4.79 Å². The fourth-order valence-electron chi connectivity index (χ4n) is 4.61. The zero-order valence-electron chi connectivity index (χ0n) is 18.7. The average molecular weight is 459 g/mol. The highest BCUT2D eigenvalue weighted by Gasteiger charge is 2.51. The van der Waals surface area contributed by atoms with Crippen LogP contribution in [0.2, 0.25) is 0 Å². The Balaban J connectivity index is 0.00000204. The van der Waals surface area contributed by atoms with Gasteiger partial charge in [0.2, 0.25) is 0 Å². The zero-order valence-corrected chi connectivity index (χ0v) is 18.7. The molecule has 0 saturated carbocycles. The molecule has 0 N–H and O–H groups in total. The van der Waals surface area contributed by atoms with Crippen molar-refractivity contribution in [3.8, 4) is 0 Å². The lowest BCUT2D eigenvalue weighted by Crippen LogP contribution is -2.33. The molecule has 4 rings (SSSR count). The maximum absolute atomic E-state index is 14.5.